The highest BCUT2D eigenvalue weighted by Crippen LogP contribution is 2.17. The zero-order valence-electron chi connectivity index (χ0n) is 5.48. The molecule has 0 aliphatic carbocycles. The molecule has 0 aromatic rings. The van der Waals surface area contributed by atoms with Crippen molar-refractivity contribution in [2.75, 3.05) is 6.61 Å². The van der Waals surface area contributed by atoms with Gasteiger partial charge in [0, 0.05) is 0 Å². The smallest absolute Gasteiger partial charge is 0.0878 e. The summed E-state index contributed by atoms with van der Waals surface area (Å²) in [6, 6.07) is 0. The van der Waals surface area contributed by atoms with Gasteiger partial charge in [-0.3, -0.25) is 0 Å². The van der Waals surface area contributed by atoms with Gasteiger partial charge in [0.15, 0.2) is 0 Å². The highest BCUT2D eigenvalue weighted by molar-refractivity contribution is 5.00. The number of hydrogen-bond acceptors (Lipinski definition) is 1. The summed E-state index contributed by atoms with van der Waals surface area (Å²) in [5.41, 5.74) is 1.37. The standard InChI is InChI=1S/C7H12O.CH4/c1-6-3-4-8-5-7(6)2;/h5-6H,3-4H2,1-2H3;1H4. The molecular weight excluding hydrogens is 112 g/mol. The van der Waals surface area contributed by atoms with Gasteiger partial charge in [0.05, 0.1) is 12.9 Å². The molecule has 1 heteroatoms. The molecule has 1 atom stereocenters. The molecule has 0 fully saturated rings. The van der Waals surface area contributed by atoms with Crippen LogP contribution < -0.4 is 0 Å². The van der Waals surface area contributed by atoms with Crippen LogP contribution in [0.5, 0.6) is 0 Å². The predicted molar refractivity (Wildman–Crippen MR) is 40.2 cm³/mol. The summed E-state index contributed by atoms with van der Waals surface area (Å²) >= 11 is 0. The topological polar surface area (TPSA) is 9.23 Å². The number of ether oxygens (including phenoxy) is 1. The summed E-state index contributed by atoms with van der Waals surface area (Å²) in [5, 5.41) is 0. The van der Waals surface area contributed by atoms with E-state index in [9.17, 15) is 0 Å². The van der Waals surface area contributed by atoms with Crippen LogP contribution in [0.15, 0.2) is 11.8 Å². The van der Waals surface area contributed by atoms with Gasteiger partial charge in [0.2, 0.25) is 0 Å². The average Bonchev–Trinajstić information content (AvgIpc) is 1.77. The van der Waals surface area contributed by atoms with Gasteiger partial charge in [0.1, 0.15) is 0 Å². The maximum atomic E-state index is 5.09. The van der Waals surface area contributed by atoms with E-state index in [1.807, 2.05) is 6.26 Å². The summed E-state index contributed by atoms with van der Waals surface area (Å²) < 4.78 is 5.09. The minimum atomic E-state index is 0. The molecule has 0 spiro atoms. The van der Waals surface area contributed by atoms with Gasteiger partial charge in [-0.05, 0) is 24.8 Å². The maximum Gasteiger partial charge on any atom is 0.0878 e. The van der Waals surface area contributed by atoms with E-state index in [1.165, 1.54) is 12.0 Å². The van der Waals surface area contributed by atoms with E-state index in [0.29, 0.717) is 0 Å². The average molecular weight is 128 g/mol. The van der Waals surface area contributed by atoms with E-state index < -0.39 is 0 Å². The second kappa shape index (κ2) is 3.54. The Morgan fingerprint density at radius 1 is 1.67 bits per heavy atom. The zero-order chi connectivity index (χ0) is 5.98. The Balaban J connectivity index is 0.000000640. The molecule has 0 aromatic carbocycles. The van der Waals surface area contributed by atoms with Gasteiger partial charge in [-0.1, -0.05) is 14.4 Å². The molecule has 9 heavy (non-hydrogen) atoms. The molecular formula is C8H16O. The van der Waals surface area contributed by atoms with E-state index in [1.54, 1.807) is 0 Å². The molecule has 0 aromatic heterocycles. The molecule has 1 rings (SSSR count). The normalized spacial score (nSPS) is 25.6. The highest BCUT2D eigenvalue weighted by Gasteiger charge is 2.07. The van der Waals surface area contributed by atoms with Crippen LogP contribution in [-0.4, -0.2) is 6.61 Å². The molecule has 0 N–H and O–H groups in total. The molecule has 0 bridgehead atoms. The van der Waals surface area contributed by atoms with Crippen molar-refractivity contribution in [3.63, 3.8) is 0 Å². The fraction of sp³-hybridized carbons (Fsp3) is 0.750. The van der Waals surface area contributed by atoms with Crippen molar-refractivity contribution in [2.45, 2.75) is 27.7 Å². The molecule has 1 nitrogen and oxygen atoms in total. The molecule has 0 saturated carbocycles. The summed E-state index contributed by atoms with van der Waals surface area (Å²) in [7, 11) is 0. The van der Waals surface area contributed by atoms with Crippen LogP contribution in [-0.2, 0) is 4.74 Å². The molecule has 1 aliphatic rings. The summed E-state index contributed by atoms with van der Waals surface area (Å²) in [4.78, 5) is 0. The van der Waals surface area contributed by atoms with Crippen molar-refractivity contribution < 1.29 is 4.74 Å². The highest BCUT2D eigenvalue weighted by atomic mass is 16.5. The predicted octanol–water partition coefficient (Wildman–Crippen LogP) is 2.58. The van der Waals surface area contributed by atoms with E-state index in [2.05, 4.69) is 13.8 Å². The monoisotopic (exact) mass is 128 g/mol. The first-order chi connectivity index (χ1) is 3.80. The molecule has 0 radical (unpaired) electrons. The third-order valence-corrected chi connectivity index (χ3v) is 1.72. The molecule has 1 heterocycles. The van der Waals surface area contributed by atoms with E-state index in [4.69, 9.17) is 4.74 Å². The first-order valence-electron chi connectivity index (χ1n) is 3.09. The largest absolute Gasteiger partial charge is 0.501 e. The first kappa shape index (κ1) is 8.54. The Morgan fingerprint density at radius 3 is 2.67 bits per heavy atom. The van der Waals surface area contributed by atoms with Gasteiger partial charge in [-0.15, -0.1) is 0 Å². The third-order valence-electron chi connectivity index (χ3n) is 1.72. The lowest BCUT2D eigenvalue weighted by atomic mass is 10.00. The molecule has 1 aliphatic heterocycles. The second-order valence-corrected chi connectivity index (χ2v) is 2.42. The van der Waals surface area contributed by atoms with Gasteiger partial charge in [-0.25, -0.2) is 0 Å². The molecule has 54 valence electrons. The Labute approximate surface area is 57.7 Å². The van der Waals surface area contributed by atoms with E-state index in [0.717, 1.165) is 12.5 Å². The summed E-state index contributed by atoms with van der Waals surface area (Å²) in [6.45, 7) is 5.25. The Kier molecular flexibility index (Phi) is 3.36. The Bertz CT molecular complexity index is 105. The second-order valence-electron chi connectivity index (χ2n) is 2.42. The maximum absolute atomic E-state index is 5.09. The van der Waals surface area contributed by atoms with Crippen molar-refractivity contribution in [3.8, 4) is 0 Å². The first-order valence-corrected chi connectivity index (χ1v) is 3.09. The van der Waals surface area contributed by atoms with Gasteiger partial charge < -0.3 is 4.74 Å². The van der Waals surface area contributed by atoms with Gasteiger partial charge in [-0.2, -0.15) is 0 Å². The quantitative estimate of drug-likeness (QED) is 0.487. The molecule has 1 unspecified atom stereocenters. The van der Waals surface area contributed by atoms with Crippen LogP contribution in [0.25, 0.3) is 0 Å². The summed E-state index contributed by atoms with van der Waals surface area (Å²) in [6.07, 6.45) is 3.05. The minimum Gasteiger partial charge on any atom is -0.501 e. The molecule has 0 saturated heterocycles. The zero-order valence-corrected chi connectivity index (χ0v) is 5.48. The Hall–Kier alpha value is -0.460. The SMILES string of the molecule is C.CC1=COCCC1C. The molecule has 0 amide bonds. The number of rotatable bonds is 0. The van der Waals surface area contributed by atoms with Crippen molar-refractivity contribution >= 4 is 0 Å². The van der Waals surface area contributed by atoms with Gasteiger partial charge >= 0.3 is 0 Å². The van der Waals surface area contributed by atoms with Gasteiger partial charge in [0.25, 0.3) is 0 Å². The van der Waals surface area contributed by atoms with Crippen LogP contribution in [0, 0.1) is 5.92 Å². The fourth-order valence-corrected chi connectivity index (χ4v) is 0.779. The minimum absolute atomic E-state index is 0. The fourth-order valence-electron chi connectivity index (χ4n) is 0.779. The van der Waals surface area contributed by atoms with Crippen molar-refractivity contribution in [2.24, 2.45) is 5.92 Å². The van der Waals surface area contributed by atoms with Crippen LogP contribution >= 0.6 is 0 Å². The van der Waals surface area contributed by atoms with E-state index in [-0.39, 0.29) is 7.43 Å². The Morgan fingerprint density at radius 2 is 2.33 bits per heavy atom. The number of allylic oxidation sites excluding steroid dienone is 1. The van der Waals surface area contributed by atoms with Crippen LogP contribution in [0.3, 0.4) is 0 Å². The lowest BCUT2D eigenvalue weighted by Gasteiger charge is -2.16. The van der Waals surface area contributed by atoms with E-state index >= 15 is 0 Å². The lowest BCUT2D eigenvalue weighted by molar-refractivity contribution is 0.204. The van der Waals surface area contributed by atoms with Crippen LogP contribution in [0.1, 0.15) is 27.7 Å². The number of hydrogen-bond donors (Lipinski definition) is 0. The lowest BCUT2D eigenvalue weighted by Crippen LogP contribution is -2.06. The third kappa shape index (κ3) is 2.08. The van der Waals surface area contributed by atoms with Crippen molar-refractivity contribution in [1.82, 2.24) is 0 Å². The van der Waals surface area contributed by atoms with Crippen molar-refractivity contribution in [1.29, 1.82) is 0 Å². The van der Waals surface area contributed by atoms with Crippen LogP contribution in [0.4, 0.5) is 0 Å². The van der Waals surface area contributed by atoms with Crippen molar-refractivity contribution in [3.05, 3.63) is 11.8 Å². The van der Waals surface area contributed by atoms with Crippen LogP contribution in [0.2, 0.25) is 0 Å². The summed E-state index contributed by atoms with van der Waals surface area (Å²) in [5.74, 6) is 0.740.